The van der Waals surface area contributed by atoms with E-state index in [2.05, 4.69) is 98.9 Å². The molecular formula is C72H127NO8. The van der Waals surface area contributed by atoms with Crippen LogP contribution in [-0.2, 0) is 33.3 Å². The number of carbonyl (C=O) groups excluding carboxylic acids is 3. The molecular weight excluding hydrogens is 1010 g/mol. The molecule has 0 N–H and O–H groups in total. The number of esters is 2. The molecule has 9 heteroatoms. The standard InChI is InChI=1S/C72H127NO8/c1-6-8-10-12-14-16-18-20-22-24-26-28-30-32-33-34-35-36-37-39-41-43-45-47-49-51-53-55-57-59-61-63-70(75)81-68(67-80-72(71(76)77)78-65-64-73(3,4)5)66-79-69(74)62-60-58-56-54-52-50-48-46-44-42-40-38-31-29-27-25-23-21-19-17-15-13-11-9-7-2/h8,10,14,16,19-22,25-28,32-33,68,72H,6-7,9,11-13,15,17-18,23-24,29-31,34-67H2,1-5H3/b10-8-,16-14-,21-19-,22-20-,27-25-,28-26-,33-32-. The van der Waals surface area contributed by atoms with E-state index in [0.717, 1.165) is 77.0 Å². The summed E-state index contributed by atoms with van der Waals surface area (Å²) in [5.74, 6) is -2.27. The minimum absolute atomic E-state index is 0.146. The predicted octanol–water partition coefficient (Wildman–Crippen LogP) is 19.4. The number of carboxylic acid groups (broad SMARTS) is 1. The second-order valence-corrected chi connectivity index (χ2v) is 23.7. The number of likely N-dealkylation sites (N-methyl/N-ethyl adjacent to an activating group) is 1. The number of allylic oxidation sites excluding steroid dienone is 14. The minimum Gasteiger partial charge on any atom is -0.545 e. The molecule has 0 aromatic heterocycles. The van der Waals surface area contributed by atoms with E-state index >= 15 is 0 Å². The summed E-state index contributed by atoms with van der Waals surface area (Å²) in [6.07, 6.45) is 80.8. The molecule has 0 saturated carbocycles. The van der Waals surface area contributed by atoms with Crippen LogP contribution in [0, 0.1) is 0 Å². The molecule has 0 aliphatic carbocycles. The van der Waals surface area contributed by atoms with E-state index in [9.17, 15) is 19.5 Å². The lowest BCUT2D eigenvalue weighted by Gasteiger charge is -2.26. The lowest BCUT2D eigenvalue weighted by atomic mass is 10.0. The average molecular weight is 1130 g/mol. The van der Waals surface area contributed by atoms with Crippen LogP contribution >= 0.6 is 0 Å². The number of unbranched alkanes of at least 4 members (excludes halogenated alkanes) is 33. The Morgan fingerprint density at radius 3 is 1.05 bits per heavy atom. The third-order valence-electron chi connectivity index (χ3n) is 14.6. The van der Waals surface area contributed by atoms with Crippen LogP contribution in [0.25, 0.3) is 0 Å². The van der Waals surface area contributed by atoms with Crippen LogP contribution in [0.2, 0.25) is 0 Å². The zero-order chi connectivity index (χ0) is 59.1. The van der Waals surface area contributed by atoms with Gasteiger partial charge in [0.05, 0.1) is 40.3 Å². The minimum atomic E-state index is -1.62. The first kappa shape index (κ1) is 77.5. The summed E-state index contributed by atoms with van der Waals surface area (Å²) in [6, 6.07) is 0. The van der Waals surface area contributed by atoms with Crippen LogP contribution in [0.15, 0.2) is 85.1 Å². The van der Waals surface area contributed by atoms with E-state index in [1.54, 1.807) is 0 Å². The first-order valence-corrected chi connectivity index (χ1v) is 33.7. The van der Waals surface area contributed by atoms with Gasteiger partial charge in [-0.15, -0.1) is 0 Å². The number of ether oxygens (including phenoxy) is 4. The Morgan fingerprint density at radius 1 is 0.383 bits per heavy atom. The molecule has 0 aliphatic heterocycles. The molecule has 0 heterocycles. The third-order valence-corrected chi connectivity index (χ3v) is 14.6. The molecule has 0 radical (unpaired) electrons. The summed E-state index contributed by atoms with van der Waals surface area (Å²) in [7, 11) is 5.93. The molecule has 0 amide bonds. The zero-order valence-corrected chi connectivity index (χ0v) is 53.4. The molecule has 0 aliphatic rings. The zero-order valence-electron chi connectivity index (χ0n) is 53.4. The van der Waals surface area contributed by atoms with Crippen LogP contribution in [0.3, 0.4) is 0 Å². The van der Waals surface area contributed by atoms with Crippen LogP contribution in [0.5, 0.6) is 0 Å². The number of hydrogen-bond donors (Lipinski definition) is 0. The van der Waals surface area contributed by atoms with Crippen molar-refractivity contribution in [2.75, 3.05) is 47.5 Å². The molecule has 0 saturated heterocycles. The number of rotatable bonds is 62. The second kappa shape index (κ2) is 62.5. The maximum Gasteiger partial charge on any atom is 0.306 e. The van der Waals surface area contributed by atoms with Gasteiger partial charge in [-0.2, -0.15) is 0 Å². The van der Waals surface area contributed by atoms with Gasteiger partial charge in [0.2, 0.25) is 0 Å². The largest absolute Gasteiger partial charge is 0.545 e. The van der Waals surface area contributed by atoms with Gasteiger partial charge in [0.1, 0.15) is 13.2 Å². The van der Waals surface area contributed by atoms with Crippen molar-refractivity contribution in [3.63, 3.8) is 0 Å². The van der Waals surface area contributed by atoms with Gasteiger partial charge in [-0.25, -0.2) is 0 Å². The number of carbonyl (C=O) groups is 3. The van der Waals surface area contributed by atoms with Gasteiger partial charge >= 0.3 is 11.9 Å². The van der Waals surface area contributed by atoms with Crippen LogP contribution in [0.1, 0.15) is 296 Å². The van der Waals surface area contributed by atoms with Gasteiger partial charge in [0.15, 0.2) is 12.4 Å². The maximum atomic E-state index is 12.9. The number of nitrogens with zero attached hydrogens (tertiary/aromatic N) is 1. The highest BCUT2D eigenvalue weighted by Crippen LogP contribution is 2.17. The Kier molecular flexibility index (Phi) is 59.8. The van der Waals surface area contributed by atoms with E-state index in [0.29, 0.717) is 23.9 Å². The average Bonchev–Trinajstić information content (AvgIpc) is 3.44. The number of aliphatic carboxylic acids is 1. The van der Waals surface area contributed by atoms with Gasteiger partial charge in [0.25, 0.3) is 0 Å². The highest BCUT2D eigenvalue weighted by Gasteiger charge is 2.22. The van der Waals surface area contributed by atoms with E-state index < -0.39 is 24.3 Å². The fourth-order valence-electron chi connectivity index (χ4n) is 9.48. The molecule has 2 unspecified atom stereocenters. The lowest BCUT2D eigenvalue weighted by molar-refractivity contribution is -0.870. The van der Waals surface area contributed by atoms with Gasteiger partial charge < -0.3 is 33.3 Å². The summed E-state index contributed by atoms with van der Waals surface area (Å²) >= 11 is 0. The molecule has 9 nitrogen and oxygen atoms in total. The summed E-state index contributed by atoms with van der Waals surface area (Å²) in [5, 5.41) is 11.8. The molecule has 81 heavy (non-hydrogen) atoms. The fraction of sp³-hybridized carbons (Fsp3) is 0.764. The van der Waals surface area contributed by atoms with Crippen molar-refractivity contribution >= 4 is 17.9 Å². The first-order valence-electron chi connectivity index (χ1n) is 33.7. The highest BCUT2D eigenvalue weighted by atomic mass is 16.7. The van der Waals surface area contributed by atoms with Crippen molar-refractivity contribution in [2.45, 2.75) is 309 Å². The number of quaternary nitrogens is 1. The topological polar surface area (TPSA) is 111 Å². The molecule has 0 aromatic carbocycles. The van der Waals surface area contributed by atoms with Crippen molar-refractivity contribution in [1.29, 1.82) is 0 Å². The first-order chi connectivity index (χ1) is 39.6. The van der Waals surface area contributed by atoms with Crippen LogP contribution < -0.4 is 5.11 Å². The van der Waals surface area contributed by atoms with Gasteiger partial charge in [-0.3, -0.25) is 9.59 Å². The van der Waals surface area contributed by atoms with Gasteiger partial charge in [-0.1, -0.05) is 279 Å². The van der Waals surface area contributed by atoms with Crippen LogP contribution in [0.4, 0.5) is 0 Å². The number of carboxylic acids is 1. The third kappa shape index (κ3) is 63.9. The predicted molar refractivity (Wildman–Crippen MR) is 343 cm³/mol. The molecule has 0 fully saturated rings. The fourth-order valence-corrected chi connectivity index (χ4v) is 9.48. The Labute approximate surface area is 500 Å². The lowest BCUT2D eigenvalue weighted by Crippen LogP contribution is -2.44. The molecule has 0 rings (SSSR count). The maximum absolute atomic E-state index is 12.9. The molecule has 0 aromatic rings. The van der Waals surface area contributed by atoms with Gasteiger partial charge in [0, 0.05) is 12.8 Å². The van der Waals surface area contributed by atoms with E-state index in [-0.39, 0.29) is 32.2 Å². The van der Waals surface area contributed by atoms with E-state index in [4.69, 9.17) is 18.9 Å². The normalized spacial score (nSPS) is 13.2. The summed E-state index contributed by atoms with van der Waals surface area (Å²) < 4.78 is 22.8. The van der Waals surface area contributed by atoms with Crippen molar-refractivity contribution in [3.8, 4) is 0 Å². The Balaban J connectivity index is 4.13. The van der Waals surface area contributed by atoms with Gasteiger partial charge in [-0.05, 0) is 89.9 Å². The van der Waals surface area contributed by atoms with Crippen molar-refractivity contribution < 1.29 is 42.9 Å². The monoisotopic (exact) mass is 1130 g/mol. The highest BCUT2D eigenvalue weighted by molar-refractivity contribution is 5.70. The molecule has 468 valence electrons. The molecule has 2 atom stereocenters. The van der Waals surface area contributed by atoms with Crippen molar-refractivity contribution in [1.82, 2.24) is 0 Å². The summed E-state index contributed by atoms with van der Waals surface area (Å²) in [5.41, 5.74) is 0. The van der Waals surface area contributed by atoms with Crippen molar-refractivity contribution in [2.24, 2.45) is 0 Å². The summed E-state index contributed by atoms with van der Waals surface area (Å²) in [4.78, 5) is 37.5. The van der Waals surface area contributed by atoms with E-state index in [1.807, 2.05) is 21.1 Å². The van der Waals surface area contributed by atoms with Crippen molar-refractivity contribution in [3.05, 3.63) is 85.1 Å². The summed E-state index contributed by atoms with van der Waals surface area (Å²) in [6.45, 7) is 4.65. The number of hydrogen-bond acceptors (Lipinski definition) is 8. The second-order valence-electron chi connectivity index (χ2n) is 23.7. The van der Waals surface area contributed by atoms with E-state index in [1.165, 1.54) is 186 Å². The smallest absolute Gasteiger partial charge is 0.306 e. The Morgan fingerprint density at radius 2 is 0.704 bits per heavy atom. The SMILES string of the molecule is CC/C=C\C/C=C\C/C=C\C/C=C\C/C=C\CCCCCCCCCCCCCCCCCC(=O)OC(COC(=O)CCCCCCCCCCCCCCC/C=C\C/C=C\CCCCCCC)COC(OCC[N+](C)(C)C)C(=O)[O-]. The molecule has 0 bridgehead atoms. The Bertz CT molecular complexity index is 1600. The molecule has 0 spiro atoms. The van der Waals surface area contributed by atoms with Crippen LogP contribution in [-0.4, -0.2) is 82.3 Å². The quantitative estimate of drug-likeness (QED) is 0.0195. The Hall–Kier alpha value is -3.53.